The molecule has 1 unspecified atom stereocenters. The molecule has 1 aliphatic carbocycles. The van der Waals surface area contributed by atoms with Crippen molar-refractivity contribution in [2.75, 3.05) is 0 Å². The average molecular weight is 481 g/mol. The quantitative estimate of drug-likeness (QED) is 0.502. The Bertz CT molecular complexity index is 1330. The molecule has 3 aromatic rings. The lowest BCUT2D eigenvalue weighted by atomic mass is 9.76. The Labute approximate surface area is 202 Å². The maximum Gasteiger partial charge on any atom is 0.338 e. The Hall–Kier alpha value is -3.49. The van der Waals surface area contributed by atoms with Crippen LogP contribution in [0.5, 0.6) is 5.75 Å². The van der Waals surface area contributed by atoms with Gasteiger partial charge in [-0.3, -0.25) is 0 Å². The first kappa shape index (κ1) is 23.3. The van der Waals surface area contributed by atoms with Gasteiger partial charge < -0.3 is 14.9 Å². The highest BCUT2D eigenvalue weighted by Gasteiger charge is 2.48. The third-order valence-corrected chi connectivity index (χ3v) is 7.30. The van der Waals surface area contributed by atoms with E-state index in [1.165, 1.54) is 12.1 Å². The number of hydrogen-bond acceptors (Lipinski definition) is 7. The smallest absolute Gasteiger partial charge is 0.338 e. The summed E-state index contributed by atoms with van der Waals surface area (Å²) in [6.07, 6.45) is 5.11. The Balaban J connectivity index is 1.41. The van der Waals surface area contributed by atoms with Crippen LogP contribution < -0.4 is 0 Å². The molecule has 0 saturated heterocycles. The molecular weight excluding hydrogens is 451 g/mol. The van der Waals surface area contributed by atoms with Gasteiger partial charge in [-0.15, -0.1) is 5.10 Å². The highest BCUT2D eigenvalue weighted by atomic mass is 19.1. The number of carbonyl (C=O) groups excluding carboxylic acids is 1. The fraction of sp³-hybridized carbons (Fsp3) is 0.462. The number of carbonyl (C=O) groups is 1. The molecule has 0 radical (unpaired) electrons. The number of nitrogens with zero attached hydrogens (tertiary/aromatic N) is 4. The monoisotopic (exact) mass is 480 g/mol. The predicted molar refractivity (Wildman–Crippen MR) is 125 cm³/mol. The van der Waals surface area contributed by atoms with Crippen LogP contribution in [0.3, 0.4) is 0 Å². The normalized spacial score (nSPS) is 21.2. The number of aliphatic hydroxyl groups excluding tert-OH is 1. The van der Waals surface area contributed by atoms with Crippen LogP contribution in [-0.2, 0) is 22.4 Å². The highest BCUT2D eigenvalue weighted by molar-refractivity contribution is 5.90. The Kier molecular flexibility index (Phi) is 5.94. The minimum atomic E-state index is -0.850. The van der Waals surface area contributed by atoms with E-state index in [0.717, 1.165) is 37.1 Å². The number of aromatic nitrogens is 4. The number of phenols is 1. The molecule has 2 aliphatic rings. The van der Waals surface area contributed by atoms with Crippen molar-refractivity contribution in [3.63, 3.8) is 0 Å². The molecule has 9 heteroatoms. The molecule has 0 spiro atoms. The van der Waals surface area contributed by atoms with Crippen molar-refractivity contribution in [1.82, 2.24) is 19.6 Å². The Morgan fingerprint density at radius 1 is 1.17 bits per heavy atom. The summed E-state index contributed by atoms with van der Waals surface area (Å²) in [5.41, 5.74) is 1.72. The lowest BCUT2D eigenvalue weighted by molar-refractivity contribution is -0.167. The maximum atomic E-state index is 13.8. The van der Waals surface area contributed by atoms with Crippen molar-refractivity contribution >= 4 is 11.7 Å². The maximum absolute atomic E-state index is 13.8. The predicted octanol–water partition coefficient (Wildman–Crippen LogP) is 4.45. The lowest BCUT2D eigenvalue weighted by Gasteiger charge is -2.41. The van der Waals surface area contributed by atoms with Gasteiger partial charge in [0.1, 0.15) is 11.4 Å². The summed E-state index contributed by atoms with van der Waals surface area (Å²) in [5.74, 6) is -0.666. The van der Waals surface area contributed by atoms with E-state index in [1.807, 2.05) is 19.9 Å². The molecule has 1 aromatic carbocycles. The molecule has 2 N–H and O–H groups in total. The minimum Gasteiger partial charge on any atom is -0.512 e. The van der Waals surface area contributed by atoms with E-state index < -0.39 is 23.1 Å². The standard InChI is InChI=1S/C26H29FN4O4/c1-15-11-16(2)31-25(28-15)29-23(30-31)13-19-22(33)14-26(35-24(19)34,18-5-3-4-6-18)10-9-17-7-8-21(32)20(27)12-17/h7-8,11-12,18,32-33H,3-6,9-10,13-14H2,1-2H3. The van der Waals surface area contributed by atoms with Crippen LogP contribution in [0.4, 0.5) is 4.39 Å². The van der Waals surface area contributed by atoms with Gasteiger partial charge in [-0.25, -0.2) is 18.7 Å². The number of fused-ring (bicyclic) bond motifs is 1. The van der Waals surface area contributed by atoms with E-state index in [1.54, 1.807) is 10.6 Å². The van der Waals surface area contributed by atoms with E-state index in [-0.39, 0.29) is 30.1 Å². The summed E-state index contributed by atoms with van der Waals surface area (Å²) >= 11 is 0. The van der Waals surface area contributed by atoms with E-state index in [2.05, 4.69) is 15.1 Å². The van der Waals surface area contributed by atoms with Crippen molar-refractivity contribution in [1.29, 1.82) is 0 Å². The first-order chi connectivity index (χ1) is 16.7. The minimum absolute atomic E-state index is 0.00440. The number of esters is 1. The first-order valence-corrected chi connectivity index (χ1v) is 12.1. The second-order valence-electron chi connectivity index (χ2n) is 9.78. The van der Waals surface area contributed by atoms with E-state index >= 15 is 0 Å². The zero-order valence-corrected chi connectivity index (χ0v) is 19.9. The number of hydrogen-bond donors (Lipinski definition) is 2. The van der Waals surface area contributed by atoms with Gasteiger partial charge in [0, 0.05) is 24.2 Å². The highest BCUT2D eigenvalue weighted by Crippen LogP contribution is 2.46. The van der Waals surface area contributed by atoms with E-state index in [9.17, 15) is 19.4 Å². The Morgan fingerprint density at radius 2 is 1.94 bits per heavy atom. The van der Waals surface area contributed by atoms with Crippen molar-refractivity contribution in [3.05, 3.63) is 64.2 Å². The summed E-state index contributed by atoms with van der Waals surface area (Å²) in [6, 6.07) is 6.19. The van der Waals surface area contributed by atoms with Gasteiger partial charge in [0.25, 0.3) is 5.78 Å². The van der Waals surface area contributed by atoms with Crippen LogP contribution in [0, 0.1) is 25.6 Å². The topological polar surface area (TPSA) is 110 Å². The molecule has 2 aromatic heterocycles. The second kappa shape index (κ2) is 8.94. The van der Waals surface area contributed by atoms with Gasteiger partial charge in [-0.05, 0) is 69.2 Å². The molecule has 0 amide bonds. The number of aliphatic hydroxyl groups is 1. The molecule has 5 rings (SSSR count). The van der Waals surface area contributed by atoms with Crippen LogP contribution in [0.2, 0.25) is 0 Å². The van der Waals surface area contributed by atoms with E-state index in [4.69, 9.17) is 4.74 Å². The molecule has 8 nitrogen and oxygen atoms in total. The lowest BCUT2D eigenvalue weighted by Crippen LogP contribution is -2.46. The first-order valence-electron chi connectivity index (χ1n) is 12.1. The largest absolute Gasteiger partial charge is 0.512 e. The molecule has 1 fully saturated rings. The summed E-state index contributed by atoms with van der Waals surface area (Å²) in [4.78, 5) is 22.0. The van der Waals surface area contributed by atoms with Crippen LogP contribution in [0.15, 0.2) is 35.6 Å². The van der Waals surface area contributed by atoms with Crippen molar-refractivity contribution < 1.29 is 24.1 Å². The number of aromatic hydroxyl groups is 1. The fourth-order valence-corrected chi connectivity index (χ4v) is 5.49. The molecule has 3 heterocycles. The number of ether oxygens (including phenoxy) is 1. The molecule has 1 saturated carbocycles. The van der Waals surface area contributed by atoms with Crippen molar-refractivity contribution in [3.8, 4) is 5.75 Å². The number of rotatable bonds is 6. The summed E-state index contributed by atoms with van der Waals surface area (Å²) < 4.78 is 21.6. The second-order valence-corrected chi connectivity index (χ2v) is 9.78. The van der Waals surface area contributed by atoms with Crippen LogP contribution >= 0.6 is 0 Å². The summed E-state index contributed by atoms with van der Waals surface area (Å²) in [6.45, 7) is 3.78. The number of halogens is 1. The van der Waals surface area contributed by atoms with Crippen molar-refractivity contribution in [2.24, 2.45) is 5.92 Å². The fourth-order valence-electron chi connectivity index (χ4n) is 5.49. The van der Waals surface area contributed by atoms with Crippen LogP contribution in [0.25, 0.3) is 5.78 Å². The summed E-state index contributed by atoms with van der Waals surface area (Å²) in [7, 11) is 0. The third-order valence-electron chi connectivity index (χ3n) is 7.30. The molecule has 1 atom stereocenters. The van der Waals surface area contributed by atoms with Crippen molar-refractivity contribution in [2.45, 2.75) is 70.8 Å². The molecule has 184 valence electrons. The number of phenolic OH excluding ortho intramolecular Hbond substituents is 1. The zero-order valence-electron chi connectivity index (χ0n) is 19.9. The number of cyclic esters (lactones) is 1. The number of aryl methyl sites for hydroxylation is 3. The Morgan fingerprint density at radius 3 is 2.66 bits per heavy atom. The average Bonchev–Trinajstić information content (AvgIpc) is 3.48. The van der Waals surface area contributed by atoms with Gasteiger partial charge in [0.15, 0.2) is 17.4 Å². The van der Waals surface area contributed by atoms with E-state index in [0.29, 0.717) is 30.0 Å². The van der Waals surface area contributed by atoms with Gasteiger partial charge in [0.2, 0.25) is 0 Å². The van der Waals surface area contributed by atoms with Crippen LogP contribution in [0.1, 0.15) is 61.3 Å². The zero-order chi connectivity index (χ0) is 24.7. The molecule has 0 bridgehead atoms. The third kappa shape index (κ3) is 4.47. The SMILES string of the molecule is Cc1cc(C)n2nc(CC3=C(O)CC(CCc4ccc(O)c(F)c4)(C4CCCC4)OC3=O)nc2n1. The number of benzene rings is 1. The van der Waals surface area contributed by atoms with Crippen LogP contribution in [-0.4, -0.2) is 41.4 Å². The summed E-state index contributed by atoms with van der Waals surface area (Å²) in [5, 5.41) is 25.0. The van der Waals surface area contributed by atoms with Gasteiger partial charge >= 0.3 is 5.97 Å². The molecule has 1 aliphatic heterocycles. The molecule has 35 heavy (non-hydrogen) atoms. The molecular formula is C26H29FN4O4. The van der Waals surface area contributed by atoms with Gasteiger partial charge in [0.05, 0.1) is 5.57 Å². The van der Waals surface area contributed by atoms with Gasteiger partial charge in [-0.2, -0.15) is 4.98 Å². The van der Waals surface area contributed by atoms with Gasteiger partial charge in [-0.1, -0.05) is 18.9 Å².